The maximum atomic E-state index is 12.2. The number of pyridine rings is 1. The van der Waals surface area contributed by atoms with Gasteiger partial charge in [0.05, 0.1) is 18.3 Å². The Hall–Kier alpha value is -2.02. The molecule has 1 saturated heterocycles. The molecular weight excluding hydrogens is 306 g/mol. The van der Waals surface area contributed by atoms with Crippen LogP contribution >= 0.6 is 12.4 Å². The van der Waals surface area contributed by atoms with Crippen LogP contribution in [0.15, 0.2) is 18.3 Å². The molecule has 1 aliphatic heterocycles. The van der Waals surface area contributed by atoms with E-state index in [4.69, 9.17) is 5.73 Å². The lowest BCUT2D eigenvalue weighted by Gasteiger charge is -2.34. The molecule has 1 fully saturated rings. The number of nitrogens with two attached hydrogens (primary N) is 1. The third-order valence-electron chi connectivity index (χ3n) is 3.43. The van der Waals surface area contributed by atoms with Crippen LogP contribution in [0.5, 0.6) is 0 Å². The summed E-state index contributed by atoms with van der Waals surface area (Å²) in [5, 5.41) is 2.77. The van der Waals surface area contributed by atoms with Gasteiger partial charge in [0.2, 0.25) is 5.91 Å². The number of hydrogen-bond acceptors (Lipinski definition) is 4. The van der Waals surface area contributed by atoms with Gasteiger partial charge in [0.1, 0.15) is 0 Å². The van der Waals surface area contributed by atoms with Crippen LogP contribution in [0.3, 0.4) is 0 Å². The Morgan fingerprint density at radius 3 is 2.41 bits per heavy atom. The smallest absolute Gasteiger partial charge is 0.317 e. The van der Waals surface area contributed by atoms with E-state index in [2.05, 4.69) is 10.3 Å². The lowest BCUT2D eigenvalue weighted by molar-refractivity contribution is -0.131. The van der Waals surface area contributed by atoms with Crippen molar-refractivity contribution in [2.75, 3.05) is 38.5 Å². The van der Waals surface area contributed by atoms with Crippen LogP contribution < -0.4 is 11.1 Å². The molecule has 2 rings (SSSR count). The molecule has 2 heterocycles. The van der Waals surface area contributed by atoms with Gasteiger partial charge in [-0.05, 0) is 19.1 Å². The molecule has 0 unspecified atom stereocenters. The normalized spacial score (nSPS) is 14.2. The predicted molar refractivity (Wildman–Crippen MR) is 86.8 cm³/mol. The van der Waals surface area contributed by atoms with E-state index in [-0.39, 0.29) is 30.8 Å². The van der Waals surface area contributed by atoms with Gasteiger partial charge >= 0.3 is 6.03 Å². The Balaban J connectivity index is 0.00000242. The van der Waals surface area contributed by atoms with Crippen LogP contribution in [0.4, 0.5) is 10.5 Å². The van der Waals surface area contributed by atoms with Crippen molar-refractivity contribution in [3.8, 4) is 0 Å². The number of nitrogen functional groups attached to an aromatic ring is 1. The fourth-order valence-electron chi connectivity index (χ4n) is 2.23. The van der Waals surface area contributed by atoms with Crippen molar-refractivity contribution in [2.45, 2.75) is 13.3 Å². The topological polar surface area (TPSA) is 91.6 Å². The van der Waals surface area contributed by atoms with E-state index in [0.717, 1.165) is 0 Å². The minimum atomic E-state index is -0.0650. The number of halogens is 1. The summed E-state index contributed by atoms with van der Waals surface area (Å²) < 4.78 is 0. The predicted octanol–water partition coefficient (Wildman–Crippen LogP) is 0.502. The molecule has 122 valence electrons. The fraction of sp³-hybridized carbons (Fsp3) is 0.500. The Labute approximate surface area is 136 Å². The third kappa shape index (κ3) is 4.77. The molecule has 0 aliphatic carbocycles. The van der Waals surface area contributed by atoms with Crippen molar-refractivity contribution >= 4 is 30.0 Å². The van der Waals surface area contributed by atoms with Crippen LogP contribution in [-0.4, -0.2) is 59.4 Å². The van der Waals surface area contributed by atoms with E-state index in [9.17, 15) is 9.59 Å². The van der Waals surface area contributed by atoms with Gasteiger partial charge in [-0.2, -0.15) is 0 Å². The summed E-state index contributed by atoms with van der Waals surface area (Å²) in [4.78, 5) is 31.5. The molecule has 3 N–H and O–H groups in total. The minimum Gasteiger partial charge on any atom is -0.397 e. The van der Waals surface area contributed by atoms with E-state index in [1.54, 1.807) is 28.1 Å². The maximum absolute atomic E-state index is 12.2. The van der Waals surface area contributed by atoms with Crippen molar-refractivity contribution < 1.29 is 9.59 Å². The quantitative estimate of drug-likeness (QED) is 0.845. The molecular formula is C14H22ClN5O2. The third-order valence-corrected chi connectivity index (χ3v) is 3.43. The number of rotatable bonds is 3. The SMILES string of the molecule is CCNC(=O)N1CCN(C(=O)Cc2ccc(N)cn2)CC1.Cl. The molecule has 0 saturated carbocycles. The monoisotopic (exact) mass is 327 g/mol. The van der Waals surface area contributed by atoms with E-state index < -0.39 is 0 Å². The average molecular weight is 328 g/mol. The fourth-order valence-corrected chi connectivity index (χ4v) is 2.23. The van der Waals surface area contributed by atoms with Gasteiger partial charge in [-0.3, -0.25) is 9.78 Å². The van der Waals surface area contributed by atoms with E-state index in [0.29, 0.717) is 44.1 Å². The van der Waals surface area contributed by atoms with Crippen LogP contribution in [-0.2, 0) is 11.2 Å². The summed E-state index contributed by atoms with van der Waals surface area (Å²) in [5.74, 6) is 0.0304. The Bertz CT molecular complexity index is 500. The lowest BCUT2D eigenvalue weighted by atomic mass is 10.2. The van der Waals surface area contributed by atoms with Gasteiger partial charge < -0.3 is 20.9 Å². The number of nitrogens with one attached hydrogen (secondary N) is 1. The lowest BCUT2D eigenvalue weighted by Crippen LogP contribution is -2.53. The number of carbonyl (C=O) groups is 2. The number of anilines is 1. The summed E-state index contributed by atoms with van der Waals surface area (Å²) in [5.41, 5.74) is 6.86. The number of amides is 3. The molecule has 0 bridgehead atoms. The summed E-state index contributed by atoms with van der Waals surface area (Å²) in [7, 11) is 0. The van der Waals surface area contributed by atoms with Crippen LogP contribution in [0, 0.1) is 0 Å². The molecule has 0 radical (unpaired) electrons. The molecule has 8 heteroatoms. The zero-order valence-electron chi connectivity index (χ0n) is 12.6. The Morgan fingerprint density at radius 1 is 1.23 bits per heavy atom. The summed E-state index contributed by atoms with van der Waals surface area (Å²) in [6, 6.07) is 3.44. The Morgan fingerprint density at radius 2 is 1.86 bits per heavy atom. The summed E-state index contributed by atoms with van der Waals surface area (Å²) in [6.07, 6.45) is 1.82. The first-order valence-electron chi connectivity index (χ1n) is 7.11. The Kier molecular flexibility index (Phi) is 6.91. The summed E-state index contributed by atoms with van der Waals surface area (Å²) in [6.45, 7) is 4.74. The molecule has 22 heavy (non-hydrogen) atoms. The highest BCUT2D eigenvalue weighted by Gasteiger charge is 2.23. The van der Waals surface area contributed by atoms with Crippen molar-refractivity contribution in [1.82, 2.24) is 20.1 Å². The first-order chi connectivity index (χ1) is 10.1. The highest BCUT2D eigenvalue weighted by atomic mass is 35.5. The van der Waals surface area contributed by atoms with Gasteiger partial charge in [0, 0.05) is 38.4 Å². The first kappa shape index (κ1) is 18.0. The average Bonchev–Trinajstić information content (AvgIpc) is 2.50. The van der Waals surface area contributed by atoms with Crippen molar-refractivity contribution in [1.29, 1.82) is 0 Å². The second-order valence-electron chi connectivity index (χ2n) is 4.96. The van der Waals surface area contributed by atoms with Crippen molar-refractivity contribution in [3.05, 3.63) is 24.0 Å². The van der Waals surface area contributed by atoms with Crippen LogP contribution in [0.1, 0.15) is 12.6 Å². The van der Waals surface area contributed by atoms with E-state index in [1.165, 1.54) is 0 Å². The largest absolute Gasteiger partial charge is 0.397 e. The van der Waals surface area contributed by atoms with Crippen LogP contribution in [0.25, 0.3) is 0 Å². The van der Waals surface area contributed by atoms with Gasteiger partial charge in [-0.1, -0.05) is 0 Å². The molecule has 0 spiro atoms. The number of hydrogen-bond donors (Lipinski definition) is 2. The van der Waals surface area contributed by atoms with E-state index >= 15 is 0 Å². The highest BCUT2D eigenvalue weighted by molar-refractivity contribution is 5.85. The minimum absolute atomic E-state index is 0. The molecule has 0 aromatic carbocycles. The zero-order chi connectivity index (χ0) is 15.2. The molecule has 1 aromatic rings. The maximum Gasteiger partial charge on any atom is 0.317 e. The van der Waals surface area contributed by atoms with E-state index in [1.807, 2.05) is 6.92 Å². The van der Waals surface area contributed by atoms with Gasteiger partial charge in [-0.15, -0.1) is 12.4 Å². The first-order valence-corrected chi connectivity index (χ1v) is 7.11. The number of carbonyl (C=O) groups excluding carboxylic acids is 2. The second kappa shape index (κ2) is 8.43. The number of nitrogens with zero attached hydrogens (tertiary/aromatic N) is 3. The zero-order valence-corrected chi connectivity index (χ0v) is 13.4. The van der Waals surface area contributed by atoms with Gasteiger partial charge in [-0.25, -0.2) is 4.79 Å². The van der Waals surface area contributed by atoms with Gasteiger partial charge in [0.15, 0.2) is 0 Å². The standard InChI is InChI=1S/C14H21N5O2.ClH/c1-2-16-14(21)19-7-5-18(6-8-19)13(20)9-12-4-3-11(15)10-17-12;/h3-4,10H,2,5-9,15H2,1H3,(H,16,21);1H. The van der Waals surface area contributed by atoms with Crippen molar-refractivity contribution in [2.24, 2.45) is 0 Å². The number of urea groups is 1. The molecule has 1 aromatic heterocycles. The van der Waals surface area contributed by atoms with Gasteiger partial charge in [0.25, 0.3) is 0 Å². The second-order valence-corrected chi connectivity index (χ2v) is 4.96. The molecule has 1 aliphatic rings. The summed E-state index contributed by atoms with van der Waals surface area (Å²) >= 11 is 0. The van der Waals surface area contributed by atoms with Crippen molar-refractivity contribution in [3.63, 3.8) is 0 Å². The molecule has 3 amide bonds. The highest BCUT2D eigenvalue weighted by Crippen LogP contribution is 2.07. The molecule has 0 atom stereocenters. The molecule has 7 nitrogen and oxygen atoms in total. The number of aromatic nitrogens is 1. The van der Waals surface area contributed by atoms with Crippen LogP contribution in [0.2, 0.25) is 0 Å². The number of piperazine rings is 1.